The smallest absolute Gasteiger partial charge is 0.275 e. The highest BCUT2D eigenvalue weighted by atomic mass is 35.5. The molecule has 0 aliphatic heterocycles. The number of carbonyl (C=O) groups is 2. The molecule has 3 rings (SSSR count). The number of rotatable bonds is 5. The minimum Gasteiger partial charge on any atom is -0.507 e. The Bertz CT molecular complexity index is 1050. The van der Waals surface area contributed by atoms with Gasteiger partial charge in [0.2, 0.25) is 0 Å². The number of hydrogen-bond donors (Lipinski definition) is 3. The number of nitrogens with zero attached hydrogens (tertiary/aromatic N) is 1. The van der Waals surface area contributed by atoms with E-state index in [0.717, 1.165) is 0 Å². The number of hydrazone groups is 1. The molecule has 0 saturated heterocycles. The van der Waals surface area contributed by atoms with E-state index in [2.05, 4.69) is 15.8 Å². The van der Waals surface area contributed by atoms with E-state index in [1.807, 2.05) is 0 Å². The lowest BCUT2D eigenvalue weighted by Gasteiger charge is -2.07. The van der Waals surface area contributed by atoms with Crippen LogP contribution in [-0.2, 0) is 0 Å². The van der Waals surface area contributed by atoms with Crippen LogP contribution >= 0.6 is 11.6 Å². The molecule has 6 nitrogen and oxygen atoms in total. The number of para-hydroxylation sites is 1. The molecule has 3 aromatic rings. The minimum absolute atomic E-state index is 0.125. The molecular weight excluding hydrogens is 378 g/mol. The van der Waals surface area contributed by atoms with Crippen LogP contribution in [0.1, 0.15) is 26.3 Å². The zero-order valence-corrected chi connectivity index (χ0v) is 15.4. The van der Waals surface area contributed by atoms with E-state index in [-0.39, 0.29) is 17.2 Å². The summed E-state index contributed by atoms with van der Waals surface area (Å²) in [5.41, 5.74) is 4.06. The zero-order valence-electron chi connectivity index (χ0n) is 14.6. The fraction of sp³-hybridized carbons (Fsp3) is 0. The van der Waals surface area contributed by atoms with Gasteiger partial charge in [-0.05, 0) is 42.0 Å². The largest absolute Gasteiger partial charge is 0.507 e. The molecule has 0 heterocycles. The van der Waals surface area contributed by atoms with Gasteiger partial charge in [0.15, 0.2) is 0 Å². The highest BCUT2D eigenvalue weighted by Crippen LogP contribution is 2.18. The first-order valence-corrected chi connectivity index (χ1v) is 8.70. The average molecular weight is 394 g/mol. The van der Waals surface area contributed by atoms with E-state index >= 15 is 0 Å². The molecular formula is C21H16ClN3O3. The summed E-state index contributed by atoms with van der Waals surface area (Å²) in [5, 5.41) is 16.7. The van der Waals surface area contributed by atoms with Gasteiger partial charge in [-0.3, -0.25) is 9.59 Å². The van der Waals surface area contributed by atoms with Gasteiger partial charge in [-0.2, -0.15) is 5.10 Å². The summed E-state index contributed by atoms with van der Waals surface area (Å²) in [4.78, 5) is 24.3. The molecule has 0 aliphatic rings. The number of anilines is 1. The first kappa shape index (κ1) is 19.1. The van der Waals surface area contributed by atoms with Crippen molar-refractivity contribution in [2.24, 2.45) is 5.10 Å². The van der Waals surface area contributed by atoms with Crippen LogP contribution in [-0.4, -0.2) is 23.1 Å². The first-order chi connectivity index (χ1) is 13.5. The number of phenols is 1. The topological polar surface area (TPSA) is 90.8 Å². The number of halogens is 1. The predicted octanol–water partition coefficient (Wildman–Crippen LogP) is 4.06. The van der Waals surface area contributed by atoms with Crippen molar-refractivity contribution in [3.05, 3.63) is 94.5 Å². The van der Waals surface area contributed by atoms with Crippen LogP contribution in [0.4, 0.5) is 5.69 Å². The van der Waals surface area contributed by atoms with Crippen LogP contribution in [0.2, 0.25) is 5.02 Å². The van der Waals surface area contributed by atoms with Crippen molar-refractivity contribution >= 4 is 35.3 Å². The number of amides is 2. The molecule has 0 aromatic heterocycles. The van der Waals surface area contributed by atoms with Crippen molar-refractivity contribution in [3.8, 4) is 5.75 Å². The highest BCUT2D eigenvalue weighted by Gasteiger charge is 2.10. The molecule has 0 spiro atoms. The van der Waals surface area contributed by atoms with E-state index in [1.165, 1.54) is 18.3 Å². The van der Waals surface area contributed by atoms with Gasteiger partial charge in [0.25, 0.3) is 11.8 Å². The maximum Gasteiger partial charge on any atom is 0.275 e. The van der Waals surface area contributed by atoms with Crippen molar-refractivity contribution in [2.45, 2.75) is 0 Å². The Labute approximate surface area is 166 Å². The van der Waals surface area contributed by atoms with Crippen molar-refractivity contribution in [3.63, 3.8) is 0 Å². The van der Waals surface area contributed by atoms with Gasteiger partial charge in [0.05, 0.1) is 22.4 Å². The third kappa shape index (κ3) is 4.75. The van der Waals surface area contributed by atoms with Crippen LogP contribution in [0.3, 0.4) is 0 Å². The number of carbonyl (C=O) groups excluding carboxylic acids is 2. The van der Waals surface area contributed by atoms with Gasteiger partial charge in [-0.25, -0.2) is 5.43 Å². The van der Waals surface area contributed by atoms with Crippen LogP contribution in [0.25, 0.3) is 0 Å². The number of benzene rings is 3. The zero-order chi connectivity index (χ0) is 19.9. The number of hydrogen-bond acceptors (Lipinski definition) is 4. The first-order valence-electron chi connectivity index (χ1n) is 8.32. The molecule has 0 unspecified atom stereocenters. The standard InChI is InChI=1S/C21H16ClN3O3/c22-18-10-3-1-8-16(18)20(27)24-15-7-5-6-14(12-15)13-23-25-21(28)17-9-2-4-11-19(17)26/h1-13,26H,(H,24,27)(H,25,28)/b23-13-. The van der Waals surface area contributed by atoms with Gasteiger partial charge in [0.1, 0.15) is 5.75 Å². The normalized spacial score (nSPS) is 10.6. The lowest BCUT2D eigenvalue weighted by atomic mass is 10.2. The summed E-state index contributed by atoms with van der Waals surface area (Å²) < 4.78 is 0. The van der Waals surface area contributed by atoms with Gasteiger partial charge in [-0.1, -0.05) is 48.0 Å². The van der Waals surface area contributed by atoms with Crippen LogP contribution in [0.5, 0.6) is 5.75 Å². The SMILES string of the molecule is O=C(N/N=C\c1cccc(NC(=O)c2ccccc2Cl)c1)c1ccccc1O. The van der Waals surface area contributed by atoms with Gasteiger partial charge in [0, 0.05) is 5.69 Å². The molecule has 7 heteroatoms. The lowest BCUT2D eigenvalue weighted by Crippen LogP contribution is -2.17. The Kier molecular flexibility index (Phi) is 6.04. The van der Waals surface area contributed by atoms with Crippen molar-refractivity contribution < 1.29 is 14.7 Å². The quantitative estimate of drug-likeness (QED) is 0.451. The van der Waals surface area contributed by atoms with E-state index in [9.17, 15) is 14.7 Å². The maximum absolute atomic E-state index is 12.3. The molecule has 0 bridgehead atoms. The molecule has 0 aliphatic carbocycles. The van der Waals surface area contributed by atoms with Crippen molar-refractivity contribution in [1.82, 2.24) is 5.43 Å². The Morgan fingerprint density at radius 1 is 0.893 bits per heavy atom. The van der Waals surface area contributed by atoms with E-state index in [4.69, 9.17) is 11.6 Å². The lowest BCUT2D eigenvalue weighted by molar-refractivity contribution is 0.0951. The Morgan fingerprint density at radius 2 is 1.61 bits per heavy atom. The number of nitrogens with one attached hydrogen (secondary N) is 2. The Hall–Kier alpha value is -3.64. The van der Waals surface area contributed by atoms with Crippen molar-refractivity contribution in [2.75, 3.05) is 5.32 Å². The summed E-state index contributed by atoms with van der Waals surface area (Å²) in [6.45, 7) is 0. The summed E-state index contributed by atoms with van der Waals surface area (Å²) in [6.07, 6.45) is 1.43. The summed E-state index contributed by atoms with van der Waals surface area (Å²) >= 11 is 6.04. The molecule has 3 aromatic carbocycles. The fourth-order valence-corrected chi connectivity index (χ4v) is 2.65. The monoisotopic (exact) mass is 393 g/mol. The molecule has 0 fully saturated rings. The molecule has 0 radical (unpaired) electrons. The summed E-state index contributed by atoms with van der Waals surface area (Å²) in [7, 11) is 0. The fourth-order valence-electron chi connectivity index (χ4n) is 2.43. The van der Waals surface area contributed by atoms with Crippen LogP contribution in [0.15, 0.2) is 77.9 Å². The molecule has 0 saturated carbocycles. The second-order valence-corrected chi connectivity index (χ2v) is 6.18. The minimum atomic E-state index is -0.530. The third-order valence-electron chi connectivity index (χ3n) is 3.79. The van der Waals surface area contributed by atoms with E-state index in [1.54, 1.807) is 60.7 Å². The van der Waals surface area contributed by atoms with Crippen molar-refractivity contribution in [1.29, 1.82) is 0 Å². The molecule has 0 atom stereocenters. The second-order valence-electron chi connectivity index (χ2n) is 5.78. The highest BCUT2D eigenvalue weighted by molar-refractivity contribution is 6.34. The summed E-state index contributed by atoms with van der Waals surface area (Å²) in [6, 6.07) is 19.9. The van der Waals surface area contributed by atoms with E-state index in [0.29, 0.717) is 21.8 Å². The molecule has 28 heavy (non-hydrogen) atoms. The van der Waals surface area contributed by atoms with Crippen LogP contribution in [0, 0.1) is 0 Å². The maximum atomic E-state index is 12.3. The average Bonchev–Trinajstić information content (AvgIpc) is 2.69. The predicted molar refractivity (Wildman–Crippen MR) is 109 cm³/mol. The Balaban J connectivity index is 1.66. The van der Waals surface area contributed by atoms with Crippen LogP contribution < -0.4 is 10.7 Å². The molecule has 140 valence electrons. The molecule has 2 amide bonds. The number of aromatic hydroxyl groups is 1. The summed E-state index contributed by atoms with van der Waals surface area (Å²) in [5.74, 6) is -0.982. The van der Waals surface area contributed by atoms with Gasteiger partial charge < -0.3 is 10.4 Å². The third-order valence-corrected chi connectivity index (χ3v) is 4.12. The second kappa shape index (κ2) is 8.83. The van der Waals surface area contributed by atoms with Gasteiger partial charge >= 0.3 is 0 Å². The Morgan fingerprint density at radius 3 is 2.36 bits per heavy atom. The van der Waals surface area contributed by atoms with E-state index < -0.39 is 5.91 Å². The van der Waals surface area contributed by atoms with Gasteiger partial charge in [-0.15, -0.1) is 0 Å². The number of phenolic OH excluding ortho intramolecular Hbond substituents is 1. The molecule has 3 N–H and O–H groups in total.